The summed E-state index contributed by atoms with van der Waals surface area (Å²) in [6.45, 7) is 1.22. The highest BCUT2D eigenvalue weighted by Crippen LogP contribution is 2.20. The average Bonchev–Trinajstić information content (AvgIpc) is 2.84. The van der Waals surface area contributed by atoms with Crippen LogP contribution in [0.5, 0.6) is 0 Å². The number of nitrogens with zero attached hydrogens (tertiary/aromatic N) is 2. The maximum atomic E-state index is 11.4. The Morgan fingerprint density at radius 2 is 2.17 bits per heavy atom. The second-order valence-electron chi connectivity index (χ2n) is 3.82. The van der Waals surface area contributed by atoms with E-state index < -0.39 is 5.97 Å². The van der Waals surface area contributed by atoms with Crippen molar-refractivity contribution in [2.75, 3.05) is 31.8 Å². The maximum Gasteiger partial charge on any atom is 0.360 e. The van der Waals surface area contributed by atoms with Crippen LogP contribution >= 0.6 is 0 Å². The molecule has 1 fully saturated rings. The van der Waals surface area contributed by atoms with E-state index >= 15 is 0 Å². The third kappa shape index (κ3) is 2.40. The van der Waals surface area contributed by atoms with Gasteiger partial charge in [-0.3, -0.25) is 0 Å². The van der Waals surface area contributed by atoms with E-state index in [1.807, 2.05) is 0 Å². The highest BCUT2D eigenvalue weighted by atomic mass is 16.5. The molecule has 1 saturated heterocycles. The van der Waals surface area contributed by atoms with Gasteiger partial charge in [0.2, 0.25) is 0 Å². The molecule has 0 atom stereocenters. The van der Waals surface area contributed by atoms with Gasteiger partial charge in [-0.15, -0.1) is 0 Å². The molecule has 0 aromatic carbocycles. The molecular weight excluding hydrogens is 236 g/mol. The first kappa shape index (κ1) is 12.3. The number of carbonyl (C=O) groups excluding carboxylic acids is 1. The van der Waals surface area contributed by atoms with Gasteiger partial charge in [0, 0.05) is 0 Å². The third-order valence-corrected chi connectivity index (χ3v) is 2.55. The van der Waals surface area contributed by atoms with Gasteiger partial charge in [0.15, 0.2) is 17.3 Å². The Labute approximate surface area is 104 Å². The van der Waals surface area contributed by atoms with E-state index in [9.17, 15) is 4.79 Å². The molecule has 7 heteroatoms. The molecule has 0 amide bonds. The number of nitrogen functional groups attached to an aromatic ring is 2. The molecule has 2 heterocycles. The van der Waals surface area contributed by atoms with Crippen LogP contribution < -0.4 is 11.5 Å². The van der Waals surface area contributed by atoms with Crippen molar-refractivity contribution in [1.82, 2.24) is 9.97 Å². The van der Waals surface area contributed by atoms with Crippen molar-refractivity contribution >= 4 is 23.7 Å². The lowest BCUT2D eigenvalue weighted by Crippen LogP contribution is -2.13. The van der Waals surface area contributed by atoms with Crippen LogP contribution in [0.2, 0.25) is 0 Å². The molecule has 0 aliphatic carbocycles. The number of aromatic nitrogens is 2. The fourth-order valence-corrected chi connectivity index (χ4v) is 1.61. The monoisotopic (exact) mass is 250 g/mol. The number of methoxy groups -OCH3 is 1. The fourth-order valence-electron chi connectivity index (χ4n) is 1.61. The molecule has 0 saturated carbocycles. The zero-order chi connectivity index (χ0) is 13.1. The second-order valence-corrected chi connectivity index (χ2v) is 3.82. The van der Waals surface area contributed by atoms with Crippen molar-refractivity contribution in [2.24, 2.45) is 0 Å². The summed E-state index contributed by atoms with van der Waals surface area (Å²) >= 11 is 0. The summed E-state index contributed by atoms with van der Waals surface area (Å²) < 4.78 is 9.79. The van der Waals surface area contributed by atoms with Crippen LogP contribution in [0, 0.1) is 0 Å². The van der Waals surface area contributed by atoms with Crippen LogP contribution in [0.1, 0.15) is 22.6 Å². The first-order valence-corrected chi connectivity index (χ1v) is 5.40. The molecule has 7 nitrogen and oxygen atoms in total. The van der Waals surface area contributed by atoms with Crippen molar-refractivity contribution in [1.29, 1.82) is 0 Å². The van der Waals surface area contributed by atoms with Gasteiger partial charge in [0.25, 0.3) is 0 Å². The molecule has 96 valence electrons. The predicted molar refractivity (Wildman–Crippen MR) is 65.6 cm³/mol. The fraction of sp³-hybridized carbons (Fsp3) is 0.364. The second kappa shape index (κ2) is 5.01. The Hall–Kier alpha value is -2.15. The Morgan fingerprint density at radius 3 is 2.78 bits per heavy atom. The number of hydrogen-bond acceptors (Lipinski definition) is 7. The summed E-state index contributed by atoms with van der Waals surface area (Å²) in [6.07, 6.45) is 2.58. The molecule has 18 heavy (non-hydrogen) atoms. The summed E-state index contributed by atoms with van der Waals surface area (Å²) in [4.78, 5) is 19.4. The topological polar surface area (TPSA) is 113 Å². The van der Waals surface area contributed by atoms with E-state index in [-0.39, 0.29) is 17.3 Å². The quantitative estimate of drug-likeness (QED) is 0.722. The Bertz CT molecular complexity index is 505. The van der Waals surface area contributed by atoms with Gasteiger partial charge in [0.1, 0.15) is 5.69 Å². The van der Waals surface area contributed by atoms with Gasteiger partial charge in [-0.25, -0.2) is 14.8 Å². The third-order valence-electron chi connectivity index (χ3n) is 2.55. The molecule has 2 rings (SSSR count). The van der Waals surface area contributed by atoms with Crippen LogP contribution in [0.3, 0.4) is 0 Å². The summed E-state index contributed by atoms with van der Waals surface area (Å²) in [5, 5.41) is 0. The van der Waals surface area contributed by atoms with E-state index in [4.69, 9.17) is 16.2 Å². The normalized spacial score (nSPS) is 17.1. The minimum absolute atomic E-state index is 0.0301. The molecule has 4 N–H and O–H groups in total. The number of hydrogen-bond donors (Lipinski definition) is 2. The zero-order valence-electron chi connectivity index (χ0n) is 9.97. The predicted octanol–water partition coefficient (Wildman–Crippen LogP) is 0.231. The van der Waals surface area contributed by atoms with Gasteiger partial charge in [0.05, 0.1) is 20.3 Å². The highest BCUT2D eigenvalue weighted by Gasteiger charge is 2.17. The lowest BCUT2D eigenvalue weighted by Gasteiger charge is -2.06. The van der Waals surface area contributed by atoms with Crippen LogP contribution in [0.15, 0.2) is 5.57 Å². The minimum Gasteiger partial charge on any atom is -0.464 e. The average molecular weight is 250 g/mol. The SMILES string of the molecule is COC(=O)c1nc(/C=C2/CCOC2)c(N)nc1N. The van der Waals surface area contributed by atoms with Gasteiger partial charge in [-0.2, -0.15) is 0 Å². The summed E-state index contributed by atoms with van der Waals surface area (Å²) in [7, 11) is 1.25. The van der Waals surface area contributed by atoms with Crippen LogP contribution in [0.25, 0.3) is 6.08 Å². The molecule has 1 aromatic rings. The molecule has 1 aliphatic heterocycles. The highest BCUT2D eigenvalue weighted by molar-refractivity contribution is 5.92. The molecule has 0 unspecified atom stereocenters. The number of anilines is 2. The van der Waals surface area contributed by atoms with E-state index in [1.54, 1.807) is 6.08 Å². The van der Waals surface area contributed by atoms with Crippen molar-refractivity contribution in [2.45, 2.75) is 6.42 Å². The van der Waals surface area contributed by atoms with E-state index in [0.717, 1.165) is 12.0 Å². The lowest BCUT2D eigenvalue weighted by molar-refractivity contribution is 0.0595. The Balaban J connectivity index is 2.41. The van der Waals surface area contributed by atoms with Gasteiger partial charge in [-0.1, -0.05) is 0 Å². The van der Waals surface area contributed by atoms with Crippen LogP contribution in [-0.4, -0.2) is 36.3 Å². The number of rotatable bonds is 2. The van der Waals surface area contributed by atoms with Crippen molar-refractivity contribution in [3.05, 3.63) is 17.0 Å². The molecular formula is C11H14N4O3. The van der Waals surface area contributed by atoms with E-state index in [1.165, 1.54) is 7.11 Å². The van der Waals surface area contributed by atoms with Crippen molar-refractivity contribution in [3.8, 4) is 0 Å². The van der Waals surface area contributed by atoms with Gasteiger partial charge < -0.3 is 20.9 Å². The first-order valence-electron chi connectivity index (χ1n) is 5.40. The summed E-state index contributed by atoms with van der Waals surface area (Å²) in [6, 6.07) is 0. The van der Waals surface area contributed by atoms with E-state index in [2.05, 4.69) is 14.7 Å². The zero-order valence-corrected chi connectivity index (χ0v) is 9.97. The molecule has 1 aliphatic rings. The number of nitrogens with two attached hydrogens (primary N) is 2. The number of ether oxygens (including phenoxy) is 2. The molecule has 1 aromatic heterocycles. The van der Waals surface area contributed by atoms with Crippen molar-refractivity contribution < 1.29 is 14.3 Å². The van der Waals surface area contributed by atoms with E-state index in [0.29, 0.717) is 18.9 Å². The maximum absolute atomic E-state index is 11.4. The minimum atomic E-state index is -0.637. The Morgan fingerprint density at radius 1 is 1.39 bits per heavy atom. The van der Waals surface area contributed by atoms with Gasteiger partial charge in [-0.05, 0) is 18.1 Å². The Kier molecular flexibility index (Phi) is 3.42. The van der Waals surface area contributed by atoms with Crippen LogP contribution in [-0.2, 0) is 9.47 Å². The first-order chi connectivity index (χ1) is 8.61. The molecule has 0 radical (unpaired) electrons. The number of esters is 1. The largest absolute Gasteiger partial charge is 0.464 e. The standard InChI is InChI=1S/C11H14N4O3/c1-17-11(16)8-10(13)15-9(12)7(14-8)4-6-2-3-18-5-6/h4H,2-3,5H2,1H3,(H4,12,13,15)/b6-4-. The summed E-state index contributed by atoms with van der Waals surface area (Å²) in [5.41, 5.74) is 12.7. The van der Waals surface area contributed by atoms with Crippen molar-refractivity contribution in [3.63, 3.8) is 0 Å². The van der Waals surface area contributed by atoms with Crippen LogP contribution in [0.4, 0.5) is 11.6 Å². The lowest BCUT2D eigenvalue weighted by atomic mass is 10.2. The number of carbonyl (C=O) groups is 1. The summed E-state index contributed by atoms with van der Waals surface area (Å²) in [5.74, 6) is -0.494. The smallest absolute Gasteiger partial charge is 0.360 e. The van der Waals surface area contributed by atoms with Gasteiger partial charge >= 0.3 is 5.97 Å². The molecule has 0 bridgehead atoms. The molecule has 0 spiro atoms.